The van der Waals surface area contributed by atoms with Gasteiger partial charge in [-0.05, 0) is 32.4 Å². The summed E-state index contributed by atoms with van der Waals surface area (Å²) in [5, 5.41) is 10.8. The lowest BCUT2D eigenvalue weighted by atomic mass is 10.0. The summed E-state index contributed by atoms with van der Waals surface area (Å²) < 4.78 is 0. The molecule has 0 aromatic carbocycles. The molecule has 2 rings (SSSR count). The van der Waals surface area contributed by atoms with Crippen LogP contribution in [0.25, 0.3) is 0 Å². The molecule has 0 aliphatic carbocycles. The summed E-state index contributed by atoms with van der Waals surface area (Å²) >= 11 is 0. The molecule has 5 nitrogen and oxygen atoms in total. The molecular weight excluding hydrogens is 216 g/mol. The number of aromatic nitrogens is 2. The molecule has 1 aliphatic heterocycles. The number of likely N-dealkylation sites (N-methyl/N-ethyl adjacent to an activating group) is 1. The minimum atomic E-state index is 0.0519. The van der Waals surface area contributed by atoms with Gasteiger partial charge in [-0.1, -0.05) is 0 Å². The van der Waals surface area contributed by atoms with Crippen LogP contribution in [-0.2, 0) is 0 Å². The normalized spacial score (nSPS) is 19.9. The highest BCUT2D eigenvalue weighted by atomic mass is 16.2. The van der Waals surface area contributed by atoms with Crippen molar-refractivity contribution in [2.45, 2.75) is 25.8 Å². The largest absolute Gasteiger partial charge is 0.335 e. The van der Waals surface area contributed by atoms with Crippen LogP contribution in [0.3, 0.4) is 0 Å². The smallest absolute Gasteiger partial charge is 0.255 e. The first-order chi connectivity index (χ1) is 8.33. The molecule has 92 valence electrons. The zero-order chi connectivity index (χ0) is 12.1. The molecule has 2 heterocycles. The van der Waals surface area contributed by atoms with Crippen LogP contribution < -0.4 is 5.32 Å². The third-order valence-electron chi connectivity index (χ3n) is 3.14. The number of piperidine rings is 1. The Kier molecular flexibility index (Phi) is 4.03. The van der Waals surface area contributed by atoms with Crippen LogP contribution in [0, 0.1) is 0 Å². The summed E-state index contributed by atoms with van der Waals surface area (Å²) in [6.45, 7) is 4.69. The molecular formula is C12H18N4O. The van der Waals surface area contributed by atoms with Gasteiger partial charge < -0.3 is 10.2 Å². The van der Waals surface area contributed by atoms with Crippen LogP contribution >= 0.6 is 0 Å². The summed E-state index contributed by atoms with van der Waals surface area (Å²) in [6, 6.07) is 2.02. The number of hydrogen-bond acceptors (Lipinski definition) is 4. The van der Waals surface area contributed by atoms with Crippen molar-refractivity contribution in [3.8, 4) is 0 Å². The van der Waals surface area contributed by atoms with Crippen molar-refractivity contribution in [2.24, 2.45) is 0 Å². The van der Waals surface area contributed by atoms with E-state index in [-0.39, 0.29) is 5.91 Å². The summed E-state index contributed by atoms with van der Waals surface area (Å²) in [5.41, 5.74) is 0.618. The second-order valence-electron chi connectivity index (χ2n) is 4.22. The average Bonchev–Trinajstić information content (AvgIpc) is 2.42. The first-order valence-corrected chi connectivity index (χ1v) is 6.11. The van der Waals surface area contributed by atoms with E-state index in [2.05, 4.69) is 15.5 Å². The van der Waals surface area contributed by atoms with E-state index < -0.39 is 0 Å². The number of nitrogens with one attached hydrogen (secondary N) is 1. The Morgan fingerprint density at radius 3 is 3.06 bits per heavy atom. The summed E-state index contributed by atoms with van der Waals surface area (Å²) in [5.74, 6) is 0.0519. The quantitative estimate of drug-likeness (QED) is 0.836. The molecule has 1 unspecified atom stereocenters. The van der Waals surface area contributed by atoms with Crippen LogP contribution in [0.15, 0.2) is 18.5 Å². The van der Waals surface area contributed by atoms with Crippen LogP contribution in [0.1, 0.15) is 30.1 Å². The van der Waals surface area contributed by atoms with Crippen molar-refractivity contribution >= 4 is 5.91 Å². The lowest BCUT2D eigenvalue weighted by Gasteiger charge is -2.33. The van der Waals surface area contributed by atoms with Gasteiger partial charge in [0, 0.05) is 19.1 Å². The van der Waals surface area contributed by atoms with E-state index >= 15 is 0 Å². The van der Waals surface area contributed by atoms with E-state index in [0.717, 1.165) is 32.5 Å². The van der Waals surface area contributed by atoms with Crippen molar-refractivity contribution in [2.75, 3.05) is 19.6 Å². The predicted octanol–water partition coefficient (Wildman–Crippen LogP) is 0.691. The minimum Gasteiger partial charge on any atom is -0.335 e. The third kappa shape index (κ3) is 2.79. The fourth-order valence-corrected chi connectivity index (χ4v) is 2.25. The predicted molar refractivity (Wildman–Crippen MR) is 64.6 cm³/mol. The fourth-order valence-electron chi connectivity index (χ4n) is 2.25. The highest BCUT2D eigenvalue weighted by Crippen LogP contribution is 2.13. The van der Waals surface area contributed by atoms with E-state index in [9.17, 15) is 4.79 Å². The molecule has 17 heavy (non-hydrogen) atoms. The maximum atomic E-state index is 12.3. The Balaban J connectivity index is 2.09. The van der Waals surface area contributed by atoms with Gasteiger partial charge in [-0.3, -0.25) is 4.79 Å². The van der Waals surface area contributed by atoms with E-state index in [4.69, 9.17) is 0 Å². The molecule has 0 radical (unpaired) electrons. The first kappa shape index (κ1) is 12.0. The van der Waals surface area contributed by atoms with Gasteiger partial charge >= 0.3 is 0 Å². The second kappa shape index (κ2) is 5.72. The van der Waals surface area contributed by atoms with Gasteiger partial charge in [-0.2, -0.15) is 10.2 Å². The maximum absolute atomic E-state index is 12.3. The van der Waals surface area contributed by atoms with Gasteiger partial charge in [0.1, 0.15) is 0 Å². The summed E-state index contributed by atoms with van der Waals surface area (Å²) in [7, 11) is 0. The zero-order valence-electron chi connectivity index (χ0n) is 10.1. The number of carbonyl (C=O) groups is 1. The van der Waals surface area contributed by atoms with Gasteiger partial charge in [0.05, 0.1) is 18.0 Å². The molecule has 1 fully saturated rings. The van der Waals surface area contributed by atoms with Gasteiger partial charge in [0.25, 0.3) is 5.91 Å². The summed E-state index contributed by atoms with van der Waals surface area (Å²) in [6.07, 6.45) is 5.29. The molecule has 1 amide bonds. The lowest BCUT2D eigenvalue weighted by Crippen LogP contribution is -2.48. The maximum Gasteiger partial charge on any atom is 0.255 e. The zero-order valence-corrected chi connectivity index (χ0v) is 10.1. The van der Waals surface area contributed by atoms with Crippen LogP contribution in [0.2, 0.25) is 0 Å². The first-order valence-electron chi connectivity index (χ1n) is 6.11. The van der Waals surface area contributed by atoms with Crippen molar-refractivity contribution in [3.63, 3.8) is 0 Å². The van der Waals surface area contributed by atoms with Crippen LogP contribution in [-0.4, -0.2) is 46.7 Å². The number of hydrogen-bond donors (Lipinski definition) is 1. The molecule has 0 bridgehead atoms. The molecule has 1 N–H and O–H groups in total. The van der Waals surface area contributed by atoms with Gasteiger partial charge in [-0.25, -0.2) is 0 Å². The lowest BCUT2D eigenvalue weighted by molar-refractivity contribution is 0.0661. The molecule has 1 atom stereocenters. The number of rotatable bonds is 3. The molecule has 0 saturated carbocycles. The van der Waals surface area contributed by atoms with Gasteiger partial charge in [-0.15, -0.1) is 0 Å². The number of nitrogens with zero attached hydrogens (tertiary/aromatic N) is 3. The Hall–Kier alpha value is -1.49. The monoisotopic (exact) mass is 234 g/mol. The van der Waals surface area contributed by atoms with Crippen molar-refractivity contribution in [3.05, 3.63) is 24.0 Å². The van der Waals surface area contributed by atoms with Gasteiger partial charge in [0.15, 0.2) is 0 Å². The molecule has 5 heteroatoms. The van der Waals surface area contributed by atoms with Crippen molar-refractivity contribution < 1.29 is 4.79 Å². The summed E-state index contributed by atoms with van der Waals surface area (Å²) in [4.78, 5) is 14.2. The Morgan fingerprint density at radius 2 is 2.47 bits per heavy atom. The number of carbonyl (C=O) groups excluding carboxylic acids is 1. The van der Waals surface area contributed by atoms with E-state index in [1.807, 2.05) is 11.8 Å². The van der Waals surface area contributed by atoms with Gasteiger partial charge in [0.2, 0.25) is 0 Å². The molecule has 1 aromatic heterocycles. The van der Waals surface area contributed by atoms with Crippen molar-refractivity contribution in [1.82, 2.24) is 20.4 Å². The Bertz CT molecular complexity index is 362. The van der Waals surface area contributed by atoms with E-state index in [0.29, 0.717) is 11.6 Å². The van der Waals surface area contributed by atoms with Crippen LogP contribution in [0.5, 0.6) is 0 Å². The van der Waals surface area contributed by atoms with Crippen LogP contribution in [0.4, 0.5) is 0 Å². The molecule has 0 spiro atoms. The molecule has 1 aromatic rings. The standard InChI is InChI=1S/C12H18N4O/c1-2-16(11-4-3-6-13-9-11)12(17)10-5-7-14-15-8-10/h5,7-8,11,13H,2-4,6,9H2,1H3. The molecule has 1 aliphatic rings. The number of amides is 1. The highest BCUT2D eigenvalue weighted by Gasteiger charge is 2.24. The Labute approximate surface area is 101 Å². The van der Waals surface area contributed by atoms with E-state index in [1.165, 1.54) is 6.20 Å². The highest BCUT2D eigenvalue weighted by molar-refractivity contribution is 5.94. The van der Waals surface area contributed by atoms with Crippen molar-refractivity contribution in [1.29, 1.82) is 0 Å². The average molecular weight is 234 g/mol. The fraction of sp³-hybridized carbons (Fsp3) is 0.583. The SMILES string of the molecule is CCN(C(=O)c1ccnnc1)C1CCCNC1. The third-order valence-corrected chi connectivity index (χ3v) is 3.14. The van der Waals surface area contributed by atoms with E-state index in [1.54, 1.807) is 12.3 Å². The molecule has 1 saturated heterocycles. The minimum absolute atomic E-state index is 0.0519. The topological polar surface area (TPSA) is 58.1 Å². The Morgan fingerprint density at radius 1 is 1.59 bits per heavy atom. The second-order valence-corrected chi connectivity index (χ2v) is 4.22.